The number of nitrogens with one attached hydrogen (secondary N) is 1. The predicted octanol–water partition coefficient (Wildman–Crippen LogP) is 6.59. The summed E-state index contributed by atoms with van der Waals surface area (Å²) in [5.74, 6) is 1.57. The van der Waals surface area contributed by atoms with E-state index >= 15 is 0 Å². The number of aromatic nitrogens is 2. The van der Waals surface area contributed by atoms with Crippen LogP contribution in [0.5, 0.6) is 5.75 Å². The summed E-state index contributed by atoms with van der Waals surface area (Å²) in [6.07, 6.45) is 4.15. The molecular formula is C30H50N4O4Si. The minimum absolute atomic E-state index is 0.110. The molecule has 0 aliphatic carbocycles. The molecule has 0 unspecified atom stereocenters. The smallest absolute Gasteiger partial charge is 0.302 e. The number of carbonyl (C=O) groups is 1. The first kappa shape index (κ1) is 32.6. The largest absolute Gasteiger partial charge is 0.494 e. The fourth-order valence-electron chi connectivity index (χ4n) is 4.06. The number of ether oxygens (including phenoxy) is 2. The summed E-state index contributed by atoms with van der Waals surface area (Å²) in [7, 11) is -1.73. The highest BCUT2D eigenvalue weighted by atomic mass is 28.4. The van der Waals surface area contributed by atoms with Gasteiger partial charge < -0.3 is 25.0 Å². The van der Waals surface area contributed by atoms with Crippen molar-refractivity contribution in [1.82, 2.24) is 9.97 Å². The number of benzene rings is 1. The van der Waals surface area contributed by atoms with Crippen LogP contribution in [0.25, 0.3) is 0 Å². The first-order valence-electron chi connectivity index (χ1n) is 14.1. The number of nitrogens with zero attached hydrogens (tertiary/aromatic N) is 2. The van der Waals surface area contributed by atoms with Crippen molar-refractivity contribution in [3.63, 3.8) is 0 Å². The molecule has 0 fully saturated rings. The zero-order chi connectivity index (χ0) is 29.2. The summed E-state index contributed by atoms with van der Waals surface area (Å²) in [4.78, 5) is 20.2. The minimum atomic E-state index is -1.73. The summed E-state index contributed by atoms with van der Waals surface area (Å²) in [5, 5.41) is 3.77. The van der Waals surface area contributed by atoms with Crippen LogP contribution in [-0.2, 0) is 20.4 Å². The molecule has 39 heavy (non-hydrogen) atoms. The van der Waals surface area contributed by atoms with Gasteiger partial charge in [-0.25, -0.2) is 4.98 Å². The molecule has 9 heteroatoms. The lowest BCUT2D eigenvalue weighted by Crippen LogP contribution is -2.41. The Balaban J connectivity index is 2.06. The molecule has 1 aromatic heterocycles. The van der Waals surface area contributed by atoms with Gasteiger partial charge in [-0.15, -0.1) is 0 Å². The van der Waals surface area contributed by atoms with E-state index in [0.717, 1.165) is 54.3 Å². The van der Waals surface area contributed by atoms with Crippen LogP contribution < -0.4 is 15.8 Å². The van der Waals surface area contributed by atoms with E-state index in [0.29, 0.717) is 26.1 Å². The van der Waals surface area contributed by atoms with Crippen LogP contribution in [0.1, 0.15) is 82.7 Å². The molecule has 0 amide bonds. The monoisotopic (exact) mass is 558 g/mol. The molecular weight excluding hydrogens is 508 g/mol. The summed E-state index contributed by atoms with van der Waals surface area (Å²) in [6, 6.07) is 6.33. The third-order valence-corrected chi connectivity index (χ3v) is 12.0. The molecule has 2 rings (SSSR count). The van der Waals surface area contributed by atoms with Crippen molar-refractivity contribution in [2.45, 2.75) is 105 Å². The Morgan fingerprint density at radius 2 is 1.82 bits per heavy atom. The second-order valence-electron chi connectivity index (χ2n) is 11.8. The van der Waals surface area contributed by atoms with Crippen LogP contribution >= 0.6 is 0 Å². The second kappa shape index (κ2) is 14.7. The van der Waals surface area contributed by atoms with Gasteiger partial charge in [-0.3, -0.25) is 4.79 Å². The minimum Gasteiger partial charge on any atom is -0.494 e. The molecule has 0 bridgehead atoms. The van der Waals surface area contributed by atoms with Crippen LogP contribution in [0.3, 0.4) is 0 Å². The molecule has 0 aliphatic heterocycles. The van der Waals surface area contributed by atoms with Gasteiger partial charge in [-0.2, -0.15) is 4.98 Å². The maximum atomic E-state index is 11.2. The molecule has 0 saturated carbocycles. The molecule has 0 aliphatic rings. The topological polar surface area (TPSA) is 109 Å². The first-order valence-corrected chi connectivity index (χ1v) is 17.0. The van der Waals surface area contributed by atoms with E-state index in [1.54, 1.807) is 0 Å². The Labute approximate surface area is 236 Å². The third-order valence-electron chi connectivity index (χ3n) is 7.49. The number of hydrogen-bond donors (Lipinski definition) is 2. The van der Waals surface area contributed by atoms with Gasteiger partial charge in [0.1, 0.15) is 11.6 Å². The predicted molar refractivity (Wildman–Crippen MR) is 162 cm³/mol. The molecule has 0 radical (unpaired) electrons. The standard InChI is InChI=1S/C30H50N4O4Si/c1-10-12-25(15-18-36-23(4)35)33-28-27(22(3)32-29(31)34-28)20-24-13-14-26(19-21(24)2)37-16-11-17-38-39(8,9)30(5,6)7/h13-14,19,25H,10-12,15-18,20H2,1-9H3,(H3,31,32,33,34)/t25-/m0/s1. The molecule has 1 heterocycles. The van der Waals surface area contributed by atoms with Gasteiger partial charge in [0.05, 0.1) is 13.2 Å². The zero-order valence-corrected chi connectivity index (χ0v) is 26.6. The van der Waals surface area contributed by atoms with Crippen molar-refractivity contribution in [1.29, 1.82) is 0 Å². The number of rotatable bonds is 15. The number of aryl methyl sites for hydroxylation is 2. The molecule has 8 nitrogen and oxygen atoms in total. The van der Waals surface area contributed by atoms with E-state index in [1.807, 2.05) is 13.0 Å². The molecule has 3 N–H and O–H groups in total. The van der Waals surface area contributed by atoms with Gasteiger partial charge in [0.2, 0.25) is 5.95 Å². The highest BCUT2D eigenvalue weighted by Gasteiger charge is 2.36. The van der Waals surface area contributed by atoms with Crippen molar-refractivity contribution in [3.05, 3.63) is 40.6 Å². The van der Waals surface area contributed by atoms with Crippen molar-refractivity contribution in [3.8, 4) is 5.75 Å². The van der Waals surface area contributed by atoms with E-state index in [4.69, 9.17) is 19.6 Å². The molecule has 1 aromatic carbocycles. The normalized spacial score (nSPS) is 12.7. The first-order chi connectivity index (χ1) is 18.2. The van der Waals surface area contributed by atoms with Crippen LogP contribution in [0.15, 0.2) is 18.2 Å². The van der Waals surface area contributed by atoms with Gasteiger partial charge in [-0.1, -0.05) is 40.2 Å². The van der Waals surface area contributed by atoms with Crippen LogP contribution in [0, 0.1) is 13.8 Å². The Hall–Kier alpha value is -2.65. The lowest BCUT2D eigenvalue weighted by Gasteiger charge is -2.36. The van der Waals surface area contributed by atoms with Crippen molar-refractivity contribution >= 4 is 26.1 Å². The van der Waals surface area contributed by atoms with Gasteiger partial charge in [0.25, 0.3) is 0 Å². The number of hydrogen-bond acceptors (Lipinski definition) is 8. The maximum absolute atomic E-state index is 11.2. The highest BCUT2D eigenvalue weighted by Crippen LogP contribution is 2.36. The number of anilines is 2. The molecule has 0 spiro atoms. The van der Waals surface area contributed by atoms with Crippen LogP contribution in [-0.4, -0.2) is 50.1 Å². The number of nitrogens with two attached hydrogens (primary N) is 1. The maximum Gasteiger partial charge on any atom is 0.302 e. The van der Waals surface area contributed by atoms with E-state index < -0.39 is 8.32 Å². The fraction of sp³-hybridized carbons (Fsp3) is 0.633. The number of nitrogen functional groups attached to an aromatic ring is 1. The Kier molecular flexibility index (Phi) is 12.2. The van der Waals surface area contributed by atoms with E-state index in [1.165, 1.54) is 12.5 Å². The second-order valence-corrected chi connectivity index (χ2v) is 16.6. The average Bonchev–Trinajstić information content (AvgIpc) is 2.81. The quantitative estimate of drug-likeness (QED) is 0.143. The molecule has 2 aromatic rings. The summed E-state index contributed by atoms with van der Waals surface area (Å²) < 4.78 is 17.5. The molecule has 218 valence electrons. The van der Waals surface area contributed by atoms with Gasteiger partial charge in [0, 0.05) is 50.1 Å². The Morgan fingerprint density at radius 3 is 2.44 bits per heavy atom. The molecule has 0 saturated heterocycles. The average molecular weight is 559 g/mol. The van der Waals surface area contributed by atoms with Gasteiger partial charge in [-0.05, 0) is 61.7 Å². The van der Waals surface area contributed by atoms with Gasteiger partial charge in [0.15, 0.2) is 8.32 Å². The van der Waals surface area contributed by atoms with Crippen molar-refractivity contribution in [2.24, 2.45) is 0 Å². The summed E-state index contributed by atoms with van der Waals surface area (Å²) in [5.41, 5.74) is 10.2. The lowest BCUT2D eigenvalue weighted by molar-refractivity contribution is -0.141. The summed E-state index contributed by atoms with van der Waals surface area (Å²) in [6.45, 7) is 20.7. The highest BCUT2D eigenvalue weighted by molar-refractivity contribution is 6.74. The summed E-state index contributed by atoms with van der Waals surface area (Å²) >= 11 is 0. The van der Waals surface area contributed by atoms with E-state index in [9.17, 15) is 4.79 Å². The number of carbonyl (C=O) groups excluding carboxylic acids is 1. The fourth-order valence-corrected chi connectivity index (χ4v) is 5.15. The van der Waals surface area contributed by atoms with E-state index in [-0.39, 0.29) is 23.0 Å². The third kappa shape index (κ3) is 10.4. The van der Waals surface area contributed by atoms with Gasteiger partial charge >= 0.3 is 5.97 Å². The van der Waals surface area contributed by atoms with E-state index in [2.05, 4.69) is 75.1 Å². The molecule has 1 atom stereocenters. The zero-order valence-electron chi connectivity index (χ0n) is 25.6. The van der Waals surface area contributed by atoms with Crippen LogP contribution in [0.2, 0.25) is 18.1 Å². The van der Waals surface area contributed by atoms with Crippen LogP contribution in [0.4, 0.5) is 11.8 Å². The van der Waals surface area contributed by atoms with Crippen molar-refractivity contribution < 1.29 is 18.7 Å². The number of esters is 1. The lowest BCUT2D eigenvalue weighted by atomic mass is 9.99. The van der Waals surface area contributed by atoms with Crippen molar-refractivity contribution in [2.75, 3.05) is 30.9 Å². The Morgan fingerprint density at radius 1 is 1.10 bits per heavy atom. The SMILES string of the molecule is CCC[C@@H](CCOC(C)=O)Nc1nc(N)nc(C)c1Cc1ccc(OCCCO[Si](C)(C)C(C)(C)C)cc1C. The Bertz CT molecular complexity index is 1090.